The third-order valence-corrected chi connectivity index (χ3v) is 4.81. The highest BCUT2D eigenvalue weighted by atomic mass is 16.7. The molecule has 0 radical (unpaired) electrons. The summed E-state index contributed by atoms with van der Waals surface area (Å²) < 4.78 is 10.6. The predicted octanol–water partition coefficient (Wildman–Crippen LogP) is 3.76. The van der Waals surface area contributed by atoms with Gasteiger partial charge in [-0.2, -0.15) is 0 Å². The highest BCUT2D eigenvalue weighted by Gasteiger charge is 2.21. The second kappa shape index (κ2) is 6.32. The summed E-state index contributed by atoms with van der Waals surface area (Å²) in [5, 5.41) is 2.87. The Bertz CT molecular complexity index is 1030. The Morgan fingerprint density at radius 2 is 1.93 bits per heavy atom. The number of pyridine rings is 1. The first-order valence-corrected chi connectivity index (χ1v) is 8.80. The SMILES string of the molecule is O=C(Nc1ccc2c(c1)OCO2)c1cc(N2CCc3ccccc32)ccn1. The highest BCUT2D eigenvalue weighted by molar-refractivity contribution is 6.03. The summed E-state index contributed by atoms with van der Waals surface area (Å²) in [6, 6.07) is 17.4. The van der Waals surface area contributed by atoms with E-state index in [0.29, 0.717) is 22.9 Å². The number of hydrogen-bond acceptors (Lipinski definition) is 5. The topological polar surface area (TPSA) is 63.7 Å². The van der Waals surface area contributed by atoms with Gasteiger partial charge in [0.25, 0.3) is 5.91 Å². The first-order valence-electron chi connectivity index (χ1n) is 8.80. The molecule has 0 saturated heterocycles. The highest BCUT2D eigenvalue weighted by Crippen LogP contribution is 2.35. The molecule has 5 rings (SSSR count). The number of carbonyl (C=O) groups is 1. The second-order valence-corrected chi connectivity index (χ2v) is 6.45. The lowest BCUT2D eigenvalue weighted by Crippen LogP contribution is -2.17. The fourth-order valence-corrected chi connectivity index (χ4v) is 3.49. The molecular formula is C21H17N3O3. The summed E-state index contributed by atoms with van der Waals surface area (Å²) in [5.74, 6) is 1.05. The average Bonchev–Trinajstić information content (AvgIpc) is 3.34. The fraction of sp³-hybridized carbons (Fsp3) is 0.143. The lowest BCUT2D eigenvalue weighted by molar-refractivity contribution is 0.102. The number of amides is 1. The summed E-state index contributed by atoms with van der Waals surface area (Å²) in [7, 11) is 0. The quantitative estimate of drug-likeness (QED) is 0.771. The van der Waals surface area contributed by atoms with E-state index in [-0.39, 0.29) is 12.7 Å². The molecule has 1 N–H and O–H groups in total. The van der Waals surface area contributed by atoms with Gasteiger partial charge in [-0.1, -0.05) is 18.2 Å². The van der Waals surface area contributed by atoms with Gasteiger partial charge in [0.15, 0.2) is 11.5 Å². The van der Waals surface area contributed by atoms with E-state index < -0.39 is 0 Å². The third-order valence-electron chi connectivity index (χ3n) is 4.81. The number of benzene rings is 2. The molecule has 0 spiro atoms. The van der Waals surface area contributed by atoms with E-state index in [2.05, 4.69) is 33.4 Å². The molecule has 6 nitrogen and oxygen atoms in total. The van der Waals surface area contributed by atoms with E-state index >= 15 is 0 Å². The molecular weight excluding hydrogens is 342 g/mol. The summed E-state index contributed by atoms with van der Waals surface area (Å²) >= 11 is 0. The van der Waals surface area contributed by atoms with Crippen LogP contribution in [-0.2, 0) is 6.42 Å². The zero-order valence-electron chi connectivity index (χ0n) is 14.5. The van der Waals surface area contributed by atoms with Gasteiger partial charge < -0.3 is 19.7 Å². The van der Waals surface area contributed by atoms with Gasteiger partial charge in [0, 0.05) is 35.9 Å². The number of aromatic nitrogens is 1. The standard InChI is InChI=1S/C21H17N3O3/c25-21(23-15-5-6-19-20(11-15)27-13-26-19)17-12-16(7-9-22-17)24-10-8-14-3-1-2-4-18(14)24/h1-7,9,11-12H,8,10,13H2,(H,23,25). The maximum Gasteiger partial charge on any atom is 0.274 e. The molecule has 3 aromatic rings. The van der Waals surface area contributed by atoms with Crippen molar-refractivity contribution in [2.75, 3.05) is 23.6 Å². The van der Waals surface area contributed by atoms with Crippen LogP contribution in [0.4, 0.5) is 17.1 Å². The molecule has 0 aliphatic carbocycles. The number of carbonyl (C=O) groups excluding carboxylic acids is 1. The number of nitrogens with one attached hydrogen (secondary N) is 1. The van der Waals surface area contributed by atoms with E-state index in [1.165, 1.54) is 11.3 Å². The summed E-state index contributed by atoms with van der Waals surface area (Å²) in [5.41, 5.74) is 4.48. The van der Waals surface area contributed by atoms with Crippen molar-refractivity contribution in [1.82, 2.24) is 4.98 Å². The van der Waals surface area contributed by atoms with Crippen molar-refractivity contribution in [2.45, 2.75) is 6.42 Å². The maximum atomic E-state index is 12.7. The monoisotopic (exact) mass is 359 g/mol. The van der Waals surface area contributed by atoms with E-state index in [0.717, 1.165) is 18.7 Å². The number of rotatable bonds is 3. The molecule has 134 valence electrons. The Balaban J connectivity index is 1.38. The molecule has 2 aliphatic rings. The predicted molar refractivity (Wildman–Crippen MR) is 102 cm³/mol. The van der Waals surface area contributed by atoms with Crippen molar-refractivity contribution in [3.05, 3.63) is 72.1 Å². The Morgan fingerprint density at radius 1 is 1.04 bits per heavy atom. The molecule has 0 atom stereocenters. The largest absolute Gasteiger partial charge is 0.454 e. The minimum atomic E-state index is -0.261. The zero-order valence-corrected chi connectivity index (χ0v) is 14.5. The summed E-state index contributed by atoms with van der Waals surface area (Å²) in [4.78, 5) is 19.1. The van der Waals surface area contributed by atoms with E-state index in [1.807, 2.05) is 18.2 Å². The van der Waals surface area contributed by atoms with Crippen LogP contribution in [-0.4, -0.2) is 24.2 Å². The van der Waals surface area contributed by atoms with Gasteiger partial charge in [0.2, 0.25) is 6.79 Å². The number of anilines is 3. The lowest BCUT2D eigenvalue weighted by Gasteiger charge is -2.19. The molecule has 0 fully saturated rings. The molecule has 1 aromatic heterocycles. The maximum absolute atomic E-state index is 12.7. The van der Waals surface area contributed by atoms with Crippen LogP contribution >= 0.6 is 0 Å². The van der Waals surface area contributed by atoms with Crippen LogP contribution < -0.4 is 19.7 Å². The minimum absolute atomic E-state index is 0.202. The summed E-state index contributed by atoms with van der Waals surface area (Å²) in [6.07, 6.45) is 2.67. The molecule has 0 unspecified atom stereocenters. The third kappa shape index (κ3) is 2.85. The van der Waals surface area contributed by atoms with Gasteiger partial charge in [-0.15, -0.1) is 0 Å². The van der Waals surface area contributed by atoms with E-state index in [1.54, 1.807) is 24.4 Å². The van der Waals surface area contributed by atoms with Crippen LogP contribution in [0.3, 0.4) is 0 Å². The molecule has 0 bridgehead atoms. The van der Waals surface area contributed by atoms with E-state index in [4.69, 9.17) is 9.47 Å². The van der Waals surface area contributed by atoms with Crippen molar-refractivity contribution < 1.29 is 14.3 Å². The molecule has 1 amide bonds. The average molecular weight is 359 g/mol. The number of hydrogen-bond donors (Lipinski definition) is 1. The van der Waals surface area contributed by atoms with Gasteiger partial charge >= 0.3 is 0 Å². The Hall–Kier alpha value is -3.54. The smallest absolute Gasteiger partial charge is 0.274 e. The first-order chi connectivity index (χ1) is 13.3. The Morgan fingerprint density at radius 3 is 2.89 bits per heavy atom. The van der Waals surface area contributed by atoms with Crippen LogP contribution in [0, 0.1) is 0 Å². The molecule has 6 heteroatoms. The van der Waals surface area contributed by atoms with Crippen LogP contribution in [0.2, 0.25) is 0 Å². The van der Waals surface area contributed by atoms with Crippen LogP contribution in [0.5, 0.6) is 11.5 Å². The van der Waals surface area contributed by atoms with Gasteiger partial charge in [0.05, 0.1) is 0 Å². The Kier molecular flexibility index (Phi) is 3.67. The molecule has 27 heavy (non-hydrogen) atoms. The minimum Gasteiger partial charge on any atom is -0.454 e. The van der Waals surface area contributed by atoms with Gasteiger partial charge in [-0.3, -0.25) is 9.78 Å². The number of fused-ring (bicyclic) bond motifs is 2. The lowest BCUT2D eigenvalue weighted by atomic mass is 10.2. The number of nitrogens with zero attached hydrogens (tertiary/aromatic N) is 2. The van der Waals surface area contributed by atoms with Gasteiger partial charge in [0.1, 0.15) is 5.69 Å². The molecule has 2 aliphatic heterocycles. The normalized spacial score (nSPS) is 14.1. The van der Waals surface area contributed by atoms with Gasteiger partial charge in [-0.05, 0) is 42.3 Å². The van der Waals surface area contributed by atoms with Crippen LogP contribution in [0.25, 0.3) is 0 Å². The molecule has 0 saturated carbocycles. The summed E-state index contributed by atoms with van der Waals surface area (Å²) in [6.45, 7) is 1.10. The number of ether oxygens (including phenoxy) is 2. The van der Waals surface area contributed by atoms with Crippen molar-refractivity contribution in [2.24, 2.45) is 0 Å². The zero-order chi connectivity index (χ0) is 18.2. The number of para-hydroxylation sites is 1. The van der Waals surface area contributed by atoms with Crippen molar-refractivity contribution in [3.63, 3.8) is 0 Å². The van der Waals surface area contributed by atoms with Crippen molar-refractivity contribution in [3.8, 4) is 11.5 Å². The Labute approximate surface area is 156 Å². The van der Waals surface area contributed by atoms with Crippen molar-refractivity contribution in [1.29, 1.82) is 0 Å². The van der Waals surface area contributed by atoms with Gasteiger partial charge in [-0.25, -0.2) is 0 Å². The molecule has 3 heterocycles. The van der Waals surface area contributed by atoms with Crippen LogP contribution in [0.15, 0.2) is 60.8 Å². The van der Waals surface area contributed by atoms with Crippen LogP contribution in [0.1, 0.15) is 16.1 Å². The fourth-order valence-electron chi connectivity index (χ4n) is 3.49. The second-order valence-electron chi connectivity index (χ2n) is 6.45. The molecule has 2 aromatic carbocycles. The first kappa shape index (κ1) is 15.7. The van der Waals surface area contributed by atoms with Crippen molar-refractivity contribution >= 4 is 23.0 Å². The van der Waals surface area contributed by atoms with E-state index in [9.17, 15) is 4.79 Å².